The van der Waals surface area contributed by atoms with E-state index in [4.69, 9.17) is 11.6 Å². The van der Waals surface area contributed by atoms with Crippen LogP contribution in [0.1, 0.15) is 0 Å². The van der Waals surface area contributed by atoms with Gasteiger partial charge >= 0.3 is 0 Å². The molecule has 0 saturated carbocycles. The number of halogens is 1. The molecule has 0 bridgehead atoms. The Morgan fingerprint density at radius 3 is 2.71 bits per heavy atom. The fourth-order valence-corrected chi connectivity index (χ4v) is 0.579. The van der Waals surface area contributed by atoms with Crippen LogP contribution in [-0.4, -0.2) is 9.55 Å². The Labute approximate surface area is 46.7 Å². The van der Waals surface area contributed by atoms with Gasteiger partial charge in [0.2, 0.25) is 0 Å². The summed E-state index contributed by atoms with van der Waals surface area (Å²) in [6.45, 7) is 0. The fraction of sp³-hybridized carbons (Fsp3) is 0.250. The van der Waals surface area contributed by atoms with Crippen molar-refractivity contribution >= 4 is 11.6 Å². The first-order chi connectivity index (χ1) is 3.29. The molecule has 0 atom stereocenters. The van der Waals surface area contributed by atoms with Crippen molar-refractivity contribution < 1.29 is 0 Å². The maximum absolute atomic E-state index is 5.43. The Morgan fingerprint density at radius 1 is 1.86 bits per heavy atom. The third kappa shape index (κ3) is 0.933. The van der Waals surface area contributed by atoms with Crippen molar-refractivity contribution in [1.29, 1.82) is 0 Å². The van der Waals surface area contributed by atoms with Gasteiger partial charge < -0.3 is 4.57 Å². The summed E-state index contributed by atoms with van der Waals surface area (Å²) in [6.07, 6.45) is 3.39. The SMILES string of the molecule is Cn1cnc(Cl)c1. The second-order valence-corrected chi connectivity index (χ2v) is 1.75. The summed E-state index contributed by atoms with van der Waals surface area (Å²) < 4.78 is 1.79. The third-order valence-corrected chi connectivity index (χ3v) is 0.869. The lowest BCUT2D eigenvalue weighted by atomic mass is 10.9. The third-order valence-electron chi connectivity index (χ3n) is 0.673. The van der Waals surface area contributed by atoms with Crippen LogP contribution in [0.4, 0.5) is 0 Å². The molecule has 0 N–H and O–H groups in total. The van der Waals surface area contributed by atoms with Crippen molar-refractivity contribution in [2.45, 2.75) is 0 Å². The fourth-order valence-electron chi connectivity index (χ4n) is 0.381. The number of nitrogens with zero attached hydrogens (tertiary/aromatic N) is 2. The van der Waals surface area contributed by atoms with E-state index in [1.807, 2.05) is 7.05 Å². The van der Waals surface area contributed by atoms with E-state index in [0.717, 1.165) is 0 Å². The van der Waals surface area contributed by atoms with Crippen molar-refractivity contribution in [3.05, 3.63) is 17.7 Å². The predicted octanol–water partition coefficient (Wildman–Crippen LogP) is 1.07. The van der Waals surface area contributed by atoms with Crippen molar-refractivity contribution in [2.24, 2.45) is 7.05 Å². The van der Waals surface area contributed by atoms with Crippen LogP contribution in [0.15, 0.2) is 12.5 Å². The first-order valence-electron chi connectivity index (χ1n) is 1.92. The summed E-state index contributed by atoms with van der Waals surface area (Å²) >= 11 is 5.43. The topological polar surface area (TPSA) is 17.8 Å². The summed E-state index contributed by atoms with van der Waals surface area (Å²) in [6, 6.07) is 0. The molecule has 0 spiro atoms. The molecule has 0 radical (unpaired) electrons. The Balaban J connectivity index is 3.04. The van der Waals surface area contributed by atoms with Gasteiger partial charge in [0.15, 0.2) is 0 Å². The van der Waals surface area contributed by atoms with Crippen LogP contribution in [0, 0.1) is 0 Å². The highest BCUT2D eigenvalue weighted by molar-refractivity contribution is 6.29. The van der Waals surface area contributed by atoms with Crippen molar-refractivity contribution in [3.63, 3.8) is 0 Å². The summed E-state index contributed by atoms with van der Waals surface area (Å²) in [5, 5.41) is 0.544. The Hall–Kier alpha value is -0.500. The minimum Gasteiger partial charge on any atom is -0.339 e. The quantitative estimate of drug-likeness (QED) is 0.496. The van der Waals surface area contributed by atoms with Gasteiger partial charge in [-0.3, -0.25) is 0 Å². The molecule has 0 aliphatic carbocycles. The summed E-state index contributed by atoms with van der Waals surface area (Å²) in [7, 11) is 1.87. The number of imidazole rings is 1. The molecule has 1 heterocycles. The van der Waals surface area contributed by atoms with Gasteiger partial charge in [-0.05, 0) is 0 Å². The van der Waals surface area contributed by atoms with Crippen LogP contribution in [0.25, 0.3) is 0 Å². The van der Waals surface area contributed by atoms with E-state index in [-0.39, 0.29) is 0 Å². The first-order valence-corrected chi connectivity index (χ1v) is 2.30. The van der Waals surface area contributed by atoms with E-state index in [1.165, 1.54) is 0 Å². The molecule has 0 saturated heterocycles. The summed E-state index contributed by atoms with van der Waals surface area (Å²) in [5.41, 5.74) is 0. The van der Waals surface area contributed by atoms with Crippen LogP contribution in [-0.2, 0) is 7.05 Å². The summed E-state index contributed by atoms with van der Waals surface area (Å²) in [4.78, 5) is 3.74. The maximum atomic E-state index is 5.43. The number of hydrogen-bond donors (Lipinski definition) is 0. The lowest BCUT2D eigenvalue weighted by Gasteiger charge is -1.77. The minimum atomic E-state index is 0.544. The number of aryl methyl sites for hydroxylation is 1. The molecule has 0 aliphatic rings. The molecular weight excluding hydrogens is 112 g/mol. The highest BCUT2D eigenvalue weighted by atomic mass is 35.5. The van der Waals surface area contributed by atoms with Gasteiger partial charge in [0.05, 0.1) is 6.33 Å². The second kappa shape index (κ2) is 1.54. The summed E-state index contributed by atoms with van der Waals surface area (Å²) in [5.74, 6) is 0. The average Bonchev–Trinajstić information content (AvgIpc) is 1.87. The van der Waals surface area contributed by atoms with Gasteiger partial charge in [-0.1, -0.05) is 11.6 Å². The van der Waals surface area contributed by atoms with Gasteiger partial charge in [0.1, 0.15) is 5.15 Å². The van der Waals surface area contributed by atoms with Crippen LogP contribution >= 0.6 is 11.6 Å². The van der Waals surface area contributed by atoms with Crippen molar-refractivity contribution in [2.75, 3.05) is 0 Å². The molecule has 38 valence electrons. The lowest BCUT2D eigenvalue weighted by Crippen LogP contribution is -1.76. The van der Waals surface area contributed by atoms with Gasteiger partial charge in [-0.2, -0.15) is 0 Å². The smallest absolute Gasteiger partial charge is 0.146 e. The van der Waals surface area contributed by atoms with Gasteiger partial charge in [0.25, 0.3) is 0 Å². The van der Waals surface area contributed by atoms with E-state index in [2.05, 4.69) is 4.98 Å². The minimum absolute atomic E-state index is 0.544. The zero-order chi connectivity index (χ0) is 5.28. The molecule has 1 aromatic heterocycles. The predicted molar refractivity (Wildman–Crippen MR) is 28.2 cm³/mol. The first kappa shape index (κ1) is 4.65. The molecule has 0 amide bonds. The standard InChI is InChI=1S/C4H5ClN2/c1-7-2-4(5)6-3-7/h2-3H,1H3. The molecule has 7 heavy (non-hydrogen) atoms. The highest BCUT2D eigenvalue weighted by Crippen LogP contribution is 1.99. The zero-order valence-corrected chi connectivity index (χ0v) is 4.68. The number of rotatable bonds is 0. The lowest BCUT2D eigenvalue weighted by molar-refractivity contribution is 0.913. The molecule has 2 nitrogen and oxygen atoms in total. The Morgan fingerprint density at radius 2 is 2.57 bits per heavy atom. The largest absolute Gasteiger partial charge is 0.339 e. The van der Waals surface area contributed by atoms with Crippen LogP contribution in [0.3, 0.4) is 0 Å². The van der Waals surface area contributed by atoms with E-state index < -0.39 is 0 Å². The molecule has 1 rings (SSSR count). The number of aromatic nitrogens is 2. The van der Waals surface area contributed by atoms with E-state index in [0.29, 0.717) is 5.15 Å². The Kier molecular flexibility index (Phi) is 1.02. The van der Waals surface area contributed by atoms with Crippen LogP contribution < -0.4 is 0 Å². The van der Waals surface area contributed by atoms with Crippen molar-refractivity contribution in [3.8, 4) is 0 Å². The zero-order valence-electron chi connectivity index (χ0n) is 3.93. The van der Waals surface area contributed by atoms with Crippen LogP contribution in [0.2, 0.25) is 5.15 Å². The van der Waals surface area contributed by atoms with Gasteiger partial charge in [0, 0.05) is 13.2 Å². The molecular formula is C4H5ClN2. The second-order valence-electron chi connectivity index (χ2n) is 1.36. The molecule has 0 aromatic carbocycles. The Bertz CT molecular complexity index is 142. The van der Waals surface area contributed by atoms with E-state index in [9.17, 15) is 0 Å². The van der Waals surface area contributed by atoms with E-state index >= 15 is 0 Å². The molecule has 1 aromatic rings. The monoisotopic (exact) mass is 116 g/mol. The van der Waals surface area contributed by atoms with Gasteiger partial charge in [-0.15, -0.1) is 0 Å². The molecule has 0 unspecified atom stereocenters. The normalized spacial score (nSPS) is 9.43. The highest BCUT2D eigenvalue weighted by Gasteiger charge is 1.84. The number of hydrogen-bond acceptors (Lipinski definition) is 1. The maximum Gasteiger partial charge on any atom is 0.146 e. The molecule has 3 heteroatoms. The van der Waals surface area contributed by atoms with Crippen LogP contribution in [0.5, 0.6) is 0 Å². The average molecular weight is 117 g/mol. The van der Waals surface area contributed by atoms with Crippen molar-refractivity contribution in [1.82, 2.24) is 9.55 Å². The molecule has 0 aliphatic heterocycles. The van der Waals surface area contributed by atoms with Gasteiger partial charge in [-0.25, -0.2) is 4.98 Å². The van der Waals surface area contributed by atoms with E-state index in [1.54, 1.807) is 17.1 Å². The molecule has 0 fully saturated rings.